The molecule has 2 rings (SSSR count). The summed E-state index contributed by atoms with van der Waals surface area (Å²) in [6.45, 7) is 8.89. The molecule has 1 unspecified atom stereocenters. The van der Waals surface area contributed by atoms with E-state index in [-0.39, 0.29) is 35.3 Å². The smallest absolute Gasteiger partial charge is 0.225 e. The van der Waals surface area contributed by atoms with Gasteiger partial charge in [0.25, 0.3) is 0 Å². The topological polar surface area (TPSA) is 68.8 Å². The van der Waals surface area contributed by atoms with Crippen molar-refractivity contribution in [3.05, 3.63) is 28.7 Å². The van der Waals surface area contributed by atoms with Gasteiger partial charge >= 0.3 is 0 Å². The maximum Gasteiger partial charge on any atom is 0.225 e. The van der Waals surface area contributed by atoms with E-state index in [0.29, 0.717) is 19.1 Å². The highest BCUT2D eigenvalue weighted by molar-refractivity contribution is 14.0. The molecule has 0 bridgehead atoms. The Balaban J connectivity index is 0.00000364. The molecule has 0 saturated carbocycles. The SMILES string of the molecule is CN=C(NCCNC(=O)C(C)(C)C)NC1CCN(c2ccccc2Br)C1.I. The lowest BCUT2D eigenvalue weighted by atomic mass is 9.96. The minimum absolute atomic E-state index is 0. The van der Waals surface area contributed by atoms with Crippen molar-refractivity contribution in [1.29, 1.82) is 0 Å². The Bertz CT molecular complexity index is 647. The van der Waals surface area contributed by atoms with Crippen LogP contribution in [0.25, 0.3) is 0 Å². The third-order valence-electron chi connectivity index (χ3n) is 4.33. The van der Waals surface area contributed by atoms with Gasteiger partial charge in [0, 0.05) is 49.2 Å². The van der Waals surface area contributed by atoms with E-state index in [1.54, 1.807) is 7.05 Å². The Morgan fingerprint density at radius 1 is 1.26 bits per heavy atom. The molecule has 27 heavy (non-hydrogen) atoms. The van der Waals surface area contributed by atoms with Crippen molar-refractivity contribution in [2.24, 2.45) is 10.4 Å². The van der Waals surface area contributed by atoms with E-state index in [0.717, 1.165) is 29.9 Å². The maximum atomic E-state index is 11.9. The summed E-state index contributed by atoms with van der Waals surface area (Å²) < 4.78 is 1.12. The lowest BCUT2D eigenvalue weighted by Gasteiger charge is -2.22. The zero-order valence-electron chi connectivity index (χ0n) is 16.5. The molecule has 1 aliphatic heterocycles. The van der Waals surface area contributed by atoms with Crippen LogP contribution in [0.5, 0.6) is 0 Å². The summed E-state index contributed by atoms with van der Waals surface area (Å²) in [6.07, 6.45) is 1.06. The van der Waals surface area contributed by atoms with Crippen LogP contribution in [0.15, 0.2) is 33.7 Å². The molecule has 1 amide bonds. The molecule has 0 spiro atoms. The van der Waals surface area contributed by atoms with Crippen LogP contribution in [0.2, 0.25) is 0 Å². The van der Waals surface area contributed by atoms with E-state index < -0.39 is 0 Å². The van der Waals surface area contributed by atoms with Gasteiger partial charge in [-0.15, -0.1) is 24.0 Å². The van der Waals surface area contributed by atoms with Gasteiger partial charge in [-0.3, -0.25) is 9.79 Å². The van der Waals surface area contributed by atoms with Crippen molar-refractivity contribution in [3.8, 4) is 0 Å². The summed E-state index contributed by atoms with van der Waals surface area (Å²) in [7, 11) is 1.77. The van der Waals surface area contributed by atoms with Gasteiger partial charge < -0.3 is 20.9 Å². The zero-order chi connectivity index (χ0) is 19.2. The molecule has 0 radical (unpaired) electrons. The fourth-order valence-corrected chi connectivity index (χ4v) is 3.35. The molecule has 3 N–H and O–H groups in total. The number of carbonyl (C=O) groups excluding carboxylic acids is 1. The van der Waals surface area contributed by atoms with Crippen LogP contribution >= 0.6 is 39.9 Å². The van der Waals surface area contributed by atoms with Crippen molar-refractivity contribution in [2.75, 3.05) is 38.1 Å². The van der Waals surface area contributed by atoms with Crippen LogP contribution in [-0.4, -0.2) is 51.1 Å². The molecule has 1 atom stereocenters. The molecule has 1 aromatic rings. The number of hydrogen-bond acceptors (Lipinski definition) is 3. The fourth-order valence-electron chi connectivity index (χ4n) is 2.82. The summed E-state index contributed by atoms with van der Waals surface area (Å²) >= 11 is 3.63. The van der Waals surface area contributed by atoms with E-state index in [1.807, 2.05) is 26.8 Å². The summed E-state index contributed by atoms with van der Waals surface area (Å²) in [5.41, 5.74) is 0.864. The third kappa shape index (κ3) is 7.48. The standard InChI is InChI=1S/C19H30BrN5O.HI/c1-19(2,3)17(26)22-10-11-23-18(21-4)24-14-9-12-25(13-14)16-8-6-5-7-15(16)20;/h5-8,14H,9-13H2,1-4H3,(H,22,26)(H2,21,23,24);1H. The van der Waals surface area contributed by atoms with Gasteiger partial charge in [0.1, 0.15) is 0 Å². The predicted octanol–water partition coefficient (Wildman–Crippen LogP) is 2.97. The first-order valence-corrected chi connectivity index (χ1v) is 9.85. The number of nitrogens with one attached hydrogen (secondary N) is 3. The first-order chi connectivity index (χ1) is 12.3. The number of amides is 1. The summed E-state index contributed by atoms with van der Waals surface area (Å²) in [5, 5.41) is 9.67. The number of hydrogen-bond donors (Lipinski definition) is 3. The van der Waals surface area contributed by atoms with Crippen LogP contribution in [0.3, 0.4) is 0 Å². The Kier molecular flexibility index (Phi) is 9.86. The Morgan fingerprint density at radius 2 is 1.93 bits per heavy atom. The van der Waals surface area contributed by atoms with Gasteiger partial charge in [-0.2, -0.15) is 0 Å². The van der Waals surface area contributed by atoms with Crippen LogP contribution in [-0.2, 0) is 4.79 Å². The number of halogens is 2. The lowest BCUT2D eigenvalue weighted by molar-refractivity contribution is -0.128. The van der Waals surface area contributed by atoms with Gasteiger partial charge in [0.15, 0.2) is 5.96 Å². The first kappa shape index (κ1) is 24.0. The molecule has 6 nitrogen and oxygen atoms in total. The minimum Gasteiger partial charge on any atom is -0.368 e. The average Bonchev–Trinajstić information content (AvgIpc) is 3.05. The molecule has 1 saturated heterocycles. The van der Waals surface area contributed by atoms with Gasteiger partial charge in [-0.25, -0.2) is 0 Å². The van der Waals surface area contributed by atoms with Gasteiger partial charge in [-0.05, 0) is 34.5 Å². The molecule has 8 heteroatoms. The second kappa shape index (κ2) is 11.1. The Morgan fingerprint density at radius 3 is 2.56 bits per heavy atom. The van der Waals surface area contributed by atoms with E-state index >= 15 is 0 Å². The van der Waals surface area contributed by atoms with Crippen LogP contribution < -0.4 is 20.9 Å². The molecule has 1 fully saturated rings. The third-order valence-corrected chi connectivity index (χ3v) is 5.00. The van der Waals surface area contributed by atoms with Crippen LogP contribution in [0, 0.1) is 5.41 Å². The van der Waals surface area contributed by atoms with Crippen molar-refractivity contribution in [2.45, 2.75) is 33.2 Å². The van der Waals surface area contributed by atoms with E-state index in [9.17, 15) is 4.79 Å². The molecule has 0 aromatic heterocycles. The number of para-hydroxylation sites is 1. The fraction of sp³-hybridized carbons (Fsp3) is 0.579. The molecular weight excluding hydrogens is 521 g/mol. The van der Waals surface area contributed by atoms with Crippen molar-refractivity contribution in [1.82, 2.24) is 16.0 Å². The number of carbonyl (C=O) groups is 1. The van der Waals surface area contributed by atoms with Gasteiger partial charge in [-0.1, -0.05) is 32.9 Å². The van der Waals surface area contributed by atoms with Gasteiger partial charge in [0.2, 0.25) is 5.91 Å². The lowest BCUT2D eigenvalue weighted by Crippen LogP contribution is -2.47. The molecule has 152 valence electrons. The average molecular weight is 552 g/mol. The summed E-state index contributed by atoms with van der Waals surface area (Å²) in [4.78, 5) is 18.5. The Hall–Kier alpha value is -1.03. The largest absolute Gasteiger partial charge is 0.368 e. The summed E-state index contributed by atoms with van der Waals surface area (Å²) in [6, 6.07) is 8.65. The van der Waals surface area contributed by atoms with E-state index in [1.165, 1.54) is 5.69 Å². The predicted molar refractivity (Wildman–Crippen MR) is 127 cm³/mol. The first-order valence-electron chi connectivity index (χ1n) is 9.06. The maximum absolute atomic E-state index is 11.9. The number of nitrogens with zero attached hydrogens (tertiary/aromatic N) is 2. The molecule has 1 aromatic carbocycles. The molecule has 1 aliphatic rings. The number of benzene rings is 1. The second-order valence-corrected chi connectivity index (χ2v) is 8.39. The normalized spacial score (nSPS) is 17.3. The van der Waals surface area contributed by atoms with E-state index in [4.69, 9.17) is 0 Å². The quantitative estimate of drug-likeness (QED) is 0.228. The second-order valence-electron chi connectivity index (χ2n) is 7.53. The number of guanidine groups is 1. The van der Waals surface area contributed by atoms with Gasteiger partial charge in [0.05, 0.1) is 5.69 Å². The minimum atomic E-state index is -0.362. The highest BCUT2D eigenvalue weighted by atomic mass is 127. The molecule has 1 heterocycles. The highest BCUT2D eigenvalue weighted by Gasteiger charge is 2.24. The Labute approximate surface area is 188 Å². The summed E-state index contributed by atoms with van der Waals surface area (Å²) in [5.74, 6) is 0.830. The van der Waals surface area contributed by atoms with Crippen molar-refractivity contribution in [3.63, 3.8) is 0 Å². The zero-order valence-corrected chi connectivity index (χ0v) is 20.4. The number of anilines is 1. The highest BCUT2D eigenvalue weighted by Crippen LogP contribution is 2.28. The van der Waals surface area contributed by atoms with Crippen LogP contribution in [0.4, 0.5) is 5.69 Å². The van der Waals surface area contributed by atoms with Crippen LogP contribution in [0.1, 0.15) is 27.2 Å². The number of aliphatic imine (C=N–C) groups is 1. The van der Waals surface area contributed by atoms with Crippen molar-refractivity contribution < 1.29 is 4.79 Å². The number of rotatable bonds is 5. The monoisotopic (exact) mass is 551 g/mol. The van der Waals surface area contributed by atoms with Crippen molar-refractivity contribution >= 4 is 57.5 Å². The molecular formula is C19H31BrIN5O. The molecule has 0 aliphatic carbocycles. The van der Waals surface area contributed by atoms with E-state index in [2.05, 4.69) is 60.0 Å².